The number of phenols is 1. The lowest BCUT2D eigenvalue weighted by molar-refractivity contribution is -0.130. The molecule has 1 heterocycles. The molecule has 0 aromatic heterocycles. The molecule has 192 valence electrons. The van der Waals surface area contributed by atoms with E-state index in [2.05, 4.69) is 10.7 Å². The number of hydrazine groups is 1. The Morgan fingerprint density at radius 3 is 2.08 bits per heavy atom. The molecule has 0 radical (unpaired) electrons. The van der Waals surface area contributed by atoms with Crippen molar-refractivity contribution in [2.75, 3.05) is 32.4 Å². The smallest absolute Gasteiger partial charge is 0.269 e. The summed E-state index contributed by atoms with van der Waals surface area (Å²) in [5.41, 5.74) is 4.50. The molecular formula is C26H25N3O7S. The van der Waals surface area contributed by atoms with Crippen molar-refractivity contribution in [3.8, 4) is 23.0 Å². The Balaban J connectivity index is 1.44. The first-order valence-electron chi connectivity index (χ1n) is 11.1. The summed E-state index contributed by atoms with van der Waals surface area (Å²) < 4.78 is 15.9. The van der Waals surface area contributed by atoms with Crippen molar-refractivity contribution < 1.29 is 33.7 Å². The quantitative estimate of drug-likeness (QED) is 0.409. The van der Waals surface area contributed by atoms with Gasteiger partial charge in [0.2, 0.25) is 5.75 Å². The third-order valence-corrected chi connectivity index (χ3v) is 6.81. The van der Waals surface area contributed by atoms with E-state index in [1.54, 1.807) is 36.4 Å². The number of nitrogens with one attached hydrogen (secondary N) is 2. The van der Waals surface area contributed by atoms with E-state index in [-0.39, 0.29) is 17.4 Å². The average molecular weight is 524 g/mol. The highest BCUT2D eigenvalue weighted by molar-refractivity contribution is 8.00. The van der Waals surface area contributed by atoms with Gasteiger partial charge in [-0.3, -0.25) is 19.8 Å². The largest absolute Gasteiger partial charge is 0.508 e. The zero-order valence-corrected chi connectivity index (χ0v) is 21.1. The van der Waals surface area contributed by atoms with Gasteiger partial charge in [0.1, 0.15) is 11.1 Å². The van der Waals surface area contributed by atoms with Gasteiger partial charge in [-0.1, -0.05) is 12.1 Å². The molecule has 3 N–H and O–H groups in total. The summed E-state index contributed by atoms with van der Waals surface area (Å²) in [6.07, 6.45) is 0. The lowest BCUT2D eigenvalue weighted by Gasteiger charge is -2.24. The second kappa shape index (κ2) is 11.1. The van der Waals surface area contributed by atoms with Gasteiger partial charge in [0.15, 0.2) is 11.5 Å². The Hall–Kier alpha value is -4.38. The summed E-state index contributed by atoms with van der Waals surface area (Å²) in [6, 6.07) is 15.8. The number of carbonyl (C=O) groups excluding carboxylic acids is 3. The van der Waals surface area contributed by atoms with E-state index >= 15 is 0 Å². The van der Waals surface area contributed by atoms with Crippen LogP contribution in [-0.4, -0.2) is 54.9 Å². The van der Waals surface area contributed by atoms with E-state index in [9.17, 15) is 19.5 Å². The number of carbonyl (C=O) groups is 3. The molecule has 0 aliphatic carbocycles. The van der Waals surface area contributed by atoms with Crippen LogP contribution in [0.2, 0.25) is 0 Å². The molecule has 3 aromatic carbocycles. The molecule has 1 aliphatic heterocycles. The van der Waals surface area contributed by atoms with E-state index < -0.39 is 17.2 Å². The topological polar surface area (TPSA) is 126 Å². The predicted octanol–water partition coefficient (Wildman–Crippen LogP) is 3.59. The van der Waals surface area contributed by atoms with Crippen molar-refractivity contribution in [1.82, 2.24) is 10.4 Å². The number of aromatic hydroxyl groups is 1. The molecule has 0 spiro atoms. The minimum Gasteiger partial charge on any atom is -0.508 e. The Bertz CT molecular complexity index is 1290. The van der Waals surface area contributed by atoms with Gasteiger partial charge in [0.25, 0.3) is 17.7 Å². The molecule has 3 amide bonds. The molecule has 37 heavy (non-hydrogen) atoms. The van der Waals surface area contributed by atoms with E-state index in [0.29, 0.717) is 34.1 Å². The summed E-state index contributed by atoms with van der Waals surface area (Å²) in [7, 11) is 4.40. The fourth-order valence-corrected chi connectivity index (χ4v) is 4.83. The van der Waals surface area contributed by atoms with Crippen LogP contribution in [-0.2, 0) is 4.79 Å². The number of hydrogen-bond acceptors (Lipinski definition) is 8. The molecule has 3 aromatic rings. The standard InChI is InChI=1S/C26H25N3O7S/c1-34-20-12-17(13-21(35-2)23(20)36-3)24(32)27-18-8-4-15(5-9-18)25(33)28-29-22(31)14-37-26(29)16-6-10-19(30)11-7-16/h4-13,26,30H,14H2,1-3H3,(H,27,32)(H,28,33). The minimum absolute atomic E-state index is 0.117. The van der Waals surface area contributed by atoms with Crippen LogP contribution in [0.3, 0.4) is 0 Å². The zero-order chi connectivity index (χ0) is 26.5. The second-order valence-corrected chi connectivity index (χ2v) is 8.97. The zero-order valence-electron chi connectivity index (χ0n) is 20.3. The van der Waals surface area contributed by atoms with Crippen LogP contribution in [0.4, 0.5) is 5.69 Å². The normalized spacial score (nSPS) is 14.7. The number of phenolic OH excluding ortho intramolecular Hbond substituents is 1. The predicted molar refractivity (Wildman–Crippen MR) is 138 cm³/mol. The Kier molecular flexibility index (Phi) is 7.73. The highest BCUT2D eigenvalue weighted by Crippen LogP contribution is 2.39. The number of nitrogens with zero attached hydrogens (tertiary/aromatic N) is 1. The molecule has 1 unspecified atom stereocenters. The van der Waals surface area contributed by atoms with Crippen molar-refractivity contribution in [3.05, 3.63) is 77.4 Å². The van der Waals surface area contributed by atoms with Crippen LogP contribution in [0.5, 0.6) is 23.0 Å². The average Bonchev–Trinajstić information content (AvgIpc) is 3.28. The molecule has 0 saturated carbocycles. The summed E-state index contributed by atoms with van der Waals surface area (Å²) in [5.74, 6) is 0.294. The van der Waals surface area contributed by atoms with Gasteiger partial charge in [-0.15, -0.1) is 11.8 Å². The molecule has 0 bridgehead atoms. The van der Waals surface area contributed by atoms with Crippen LogP contribution in [0, 0.1) is 0 Å². The van der Waals surface area contributed by atoms with Gasteiger partial charge in [-0.25, -0.2) is 5.01 Å². The maximum Gasteiger partial charge on any atom is 0.269 e. The van der Waals surface area contributed by atoms with Crippen LogP contribution in [0.25, 0.3) is 0 Å². The molecule has 10 nitrogen and oxygen atoms in total. The second-order valence-electron chi connectivity index (χ2n) is 7.91. The van der Waals surface area contributed by atoms with Crippen LogP contribution < -0.4 is 25.0 Å². The maximum atomic E-state index is 12.9. The molecule has 1 aliphatic rings. The van der Waals surface area contributed by atoms with Crippen molar-refractivity contribution in [2.24, 2.45) is 0 Å². The van der Waals surface area contributed by atoms with Crippen molar-refractivity contribution in [2.45, 2.75) is 5.37 Å². The van der Waals surface area contributed by atoms with Gasteiger partial charge in [0, 0.05) is 16.8 Å². The van der Waals surface area contributed by atoms with Gasteiger partial charge >= 0.3 is 0 Å². The van der Waals surface area contributed by atoms with E-state index in [1.807, 2.05) is 0 Å². The third kappa shape index (κ3) is 5.56. The highest BCUT2D eigenvalue weighted by Gasteiger charge is 2.34. The lowest BCUT2D eigenvalue weighted by Crippen LogP contribution is -2.44. The Labute approximate surface area is 217 Å². The molecule has 1 fully saturated rings. The number of anilines is 1. The van der Waals surface area contributed by atoms with E-state index in [4.69, 9.17) is 14.2 Å². The summed E-state index contributed by atoms with van der Waals surface area (Å²) in [6.45, 7) is 0. The highest BCUT2D eigenvalue weighted by atomic mass is 32.2. The lowest BCUT2D eigenvalue weighted by atomic mass is 10.1. The Morgan fingerprint density at radius 1 is 0.892 bits per heavy atom. The van der Waals surface area contributed by atoms with Crippen molar-refractivity contribution in [1.29, 1.82) is 0 Å². The van der Waals surface area contributed by atoms with Crippen LogP contribution in [0.1, 0.15) is 31.7 Å². The van der Waals surface area contributed by atoms with Crippen molar-refractivity contribution in [3.63, 3.8) is 0 Å². The monoisotopic (exact) mass is 523 g/mol. The first-order chi connectivity index (χ1) is 17.8. The summed E-state index contributed by atoms with van der Waals surface area (Å²) >= 11 is 1.38. The number of methoxy groups -OCH3 is 3. The van der Waals surface area contributed by atoms with E-state index in [0.717, 1.165) is 5.56 Å². The SMILES string of the molecule is COc1cc(C(=O)Nc2ccc(C(=O)NN3C(=O)CSC3c3ccc(O)cc3)cc2)cc(OC)c1OC. The fraction of sp³-hybridized carbons (Fsp3) is 0.192. The van der Waals surface area contributed by atoms with E-state index in [1.165, 1.54) is 62.4 Å². The van der Waals surface area contributed by atoms with Gasteiger partial charge in [-0.2, -0.15) is 0 Å². The van der Waals surface area contributed by atoms with Gasteiger partial charge in [0.05, 0.1) is 27.1 Å². The summed E-state index contributed by atoms with van der Waals surface area (Å²) in [4.78, 5) is 38.1. The van der Waals surface area contributed by atoms with Crippen molar-refractivity contribution >= 4 is 35.2 Å². The first-order valence-corrected chi connectivity index (χ1v) is 12.1. The van der Waals surface area contributed by atoms with Crippen LogP contribution >= 0.6 is 11.8 Å². The number of hydrogen-bond donors (Lipinski definition) is 3. The number of benzene rings is 3. The molecular weight excluding hydrogens is 498 g/mol. The third-order valence-electron chi connectivity index (χ3n) is 5.60. The fourth-order valence-electron chi connectivity index (χ4n) is 3.72. The molecule has 4 rings (SSSR count). The number of rotatable bonds is 8. The summed E-state index contributed by atoms with van der Waals surface area (Å²) in [5, 5.41) is 13.2. The van der Waals surface area contributed by atoms with Gasteiger partial charge in [-0.05, 0) is 54.1 Å². The number of thioether (sulfide) groups is 1. The van der Waals surface area contributed by atoms with Crippen LogP contribution in [0.15, 0.2) is 60.7 Å². The molecule has 11 heteroatoms. The minimum atomic E-state index is -0.470. The number of amides is 3. The first kappa shape index (κ1) is 25.7. The molecule has 1 saturated heterocycles. The Morgan fingerprint density at radius 2 is 1.51 bits per heavy atom. The molecule has 1 atom stereocenters. The number of ether oxygens (including phenoxy) is 3. The maximum absolute atomic E-state index is 12.9. The van der Waals surface area contributed by atoms with Gasteiger partial charge < -0.3 is 24.6 Å².